The second-order valence-corrected chi connectivity index (χ2v) is 12.0. The third kappa shape index (κ3) is 2.36. The molecule has 0 saturated heterocycles. The summed E-state index contributed by atoms with van der Waals surface area (Å²) in [6.45, 7) is 0. The summed E-state index contributed by atoms with van der Waals surface area (Å²) in [5.74, 6) is 0. The quantitative estimate of drug-likeness (QED) is 0.198. The van der Waals surface area contributed by atoms with Gasteiger partial charge in [0, 0.05) is 67.1 Å². The van der Waals surface area contributed by atoms with Crippen LogP contribution in [0, 0.1) is 0 Å². The summed E-state index contributed by atoms with van der Waals surface area (Å²) in [7, 11) is 4.42. The molecule has 0 radical (unpaired) electrons. The SMILES string of the molecule is Cn1c2cc3cc4sccc4cc3cc2c2cc3c(cc21)c1cc2cc4ccsc4cc2cc1n3C. The van der Waals surface area contributed by atoms with Crippen LogP contribution < -0.4 is 0 Å². The Bertz CT molecular complexity index is 2220. The van der Waals surface area contributed by atoms with Gasteiger partial charge in [-0.25, -0.2) is 0 Å². The van der Waals surface area contributed by atoms with Crippen molar-refractivity contribution in [2.45, 2.75) is 0 Å². The predicted octanol–water partition coefficient (Wildman–Crippen LogP) is 9.71. The zero-order chi connectivity index (χ0) is 23.7. The molecule has 4 heteroatoms. The van der Waals surface area contributed by atoms with Crippen molar-refractivity contribution >= 4 is 108 Å². The van der Waals surface area contributed by atoms with E-state index in [4.69, 9.17) is 0 Å². The predicted molar refractivity (Wildman–Crippen MR) is 160 cm³/mol. The molecule has 0 bridgehead atoms. The molecule has 0 spiro atoms. The highest BCUT2D eigenvalue weighted by Gasteiger charge is 2.16. The number of benzene rings is 5. The second kappa shape index (κ2) is 6.47. The van der Waals surface area contributed by atoms with Crippen LogP contribution in [-0.2, 0) is 14.1 Å². The Hall–Kier alpha value is -3.86. The van der Waals surface area contributed by atoms with Gasteiger partial charge in [-0.1, -0.05) is 0 Å². The minimum Gasteiger partial charge on any atom is -0.344 e. The number of hydrogen-bond acceptors (Lipinski definition) is 2. The molecule has 0 N–H and O–H groups in total. The molecule has 4 heterocycles. The molecule has 4 aromatic heterocycles. The van der Waals surface area contributed by atoms with Gasteiger partial charge in [0.1, 0.15) is 0 Å². The lowest BCUT2D eigenvalue weighted by Gasteiger charge is -2.02. The fourth-order valence-corrected chi connectivity index (χ4v) is 7.94. The fourth-order valence-electron chi connectivity index (χ4n) is 6.30. The monoisotopic (exact) mass is 496 g/mol. The van der Waals surface area contributed by atoms with Crippen molar-refractivity contribution in [2.75, 3.05) is 0 Å². The Morgan fingerprint density at radius 2 is 0.806 bits per heavy atom. The molecule has 0 unspecified atom stereocenters. The number of aryl methyl sites for hydroxylation is 2. The fraction of sp³-hybridized carbons (Fsp3) is 0.0625. The highest BCUT2D eigenvalue weighted by Crippen LogP contribution is 2.40. The van der Waals surface area contributed by atoms with E-state index < -0.39 is 0 Å². The van der Waals surface area contributed by atoms with Gasteiger partial charge in [-0.2, -0.15) is 0 Å². The van der Waals surface area contributed by atoms with Crippen LogP contribution in [0.25, 0.3) is 85.3 Å². The van der Waals surface area contributed by atoms with Crippen molar-refractivity contribution in [3.05, 3.63) is 83.6 Å². The van der Waals surface area contributed by atoms with Crippen LogP contribution in [-0.4, -0.2) is 9.13 Å². The first-order valence-corrected chi connectivity index (χ1v) is 13.9. The van der Waals surface area contributed by atoms with E-state index in [2.05, 4.69) is 107 Å². The Kier molecular flexibility index (Phi) is 3.47. The summed E-state index contributed by atoms with van der Waals surface area (Å²) in [6, 6.07) is 28.1. The number of rotatable bonds is 0. The van der Waals surface area contributed by atoms with Gasteiger partial charge in [0.25, 0.3) is 0 Å². The van der Waals surface area contributed by atoms with Crippen molar-refractivity contribution in [2.24, 2.45) is 14.1 Å². The molecule has 2 nitrogen and oxygen atoms in total. The molecule has 0 saturated carbocycles. The van der Waals surface area contributed by atoms with Crippen LogP contribution in [0.2, 0.25) is 0 Å². The third-order valence-corrected chi connectivity index (χ3v) is 9.95. The van der Waals surface area contributed by atoms with E-state index in [1.54, 1.807) is 0 Å². The molecule has 0 aliphatic heterocycles. The van der Waals surface area contributed by atoms with Gasteiger partial charge < -0.3 is 9.13 Å². The van der Waals surface area contributed by atoms with Crippen LogP contribution in [0.1, 0.15) is 0 Å². The van der Waals surface area contributed by atoms with Gasteiger partial charge in [-0.3, -0.25) is 0 Å². The first kappa shape index (κ1) is 19.3. The largest absolute Gasteiger partial charge is 0.344 e. The molecule has 0 fully saturated rings. The molecule has 0 aliphatic rings. The molecule has 0 atom stereocenters. The van der Waals surface area contributed by atoms with E-state index in [0.29, 0.717) is 0 Å². The van der Waals surface area contributed by atoms with Crippen LogP contribution in [0.3, 0.4) is 0 Å². The lowest BCUT2D eigenvalue weighted by atomic mass is 10.0. The Morgan fingerprint density at radius 1 is 0.417 bits per heavy atom. The summed E-state index contributed by atoms with van der Waals surface area (Å²) in [5, 5.41) is 17.6. The van der Waals surface area contributed by atoms with Gasteiger partial charge in [-0.05, 0) is 116 Å². The van der Waals surface area contributed by atoms with E-state index in [1.807, 2.05) is 22.7 Å². The minimum absolute atomic E-state index is 1.29. The van der Waals surface area contributed by atoms with E-state index in [-0.39, 0.29) is 0 Å². The molecular weight excluding hydrogens is 477 g/mol. The van der Waals surface area contributed by atoms with Crippen LogP contribution in [0.15, 0.2) is 83.6 Å². The summed E-state index contributed by atoms with van der Waals surface area (Å²) in [6.07, 6.45) is 0. The lowest BCUT2D eigenvalue weighted by molar-refractivity contribution is 1.01. The van der Waals surface area contributed by atoms with E-state index >= 15 is 0 Å². The van der Waals surface area contributed by atoms with Crippen molar-refractivity contribution in [1.82, 2.24) is 9.13 Å². The Balaban J connectivity index is 1.41. The summed E-state index contributed by atoms with van der Waals surface area (Å²) >= 11 is 3.63. The third-order valence-electron chi connectivity index (χ3n) is 8.19. The average molecular weight is 497 g/mol. The molecule has 9 rings (SSSR count). The van der Waals surface area contributed by atoms with Crippen molar-refractivity contribution < 1.29 is 0 Å². The maximum absolute atomic E-state index is 2.41. The van der Waals surface area contributed by atoms with Crippen LogP contribution in [0.4, 0.5) is 0 Å². The number of hydrogen-bond donors (Lipinski definition) is 0. The van der Waals surface area contributed by atoms with Gasteiger partial charge in [0.05, 0.1) is 0 Å². The highest BCUT2D eigenvalue weighted by atomic mass is 32.1. The Morgan fingerprint density at radius 3 is 1.28 bits per heavy atom. The molecule has 9 aromatic rings. The summed E-state index contributed by atoms with van der Waals surface area (Å²) < 4.78 is 7.45. The van der Waals surface area contributed by atoms with E-state index in [1.165, 1.54) is 85.3 Å². The molecule has 170 valence electrons. The zero-order valence-electron chi connectivity index (χ0n) is 19.8. The van der Waals surface area contributed by atoms with Crippen molar-refractivity contribution in [3.8, 4) is 0 Å². The zero-order valence-corrected chi connectivity index (χ0v) is 21.4. The van der Waals surface area contributed by atoms with Gasteiger partial charge in [0.2, 0.25) is 0 Å². The molecule has 0 amide bonds. The van der Waals surface area contributed by atoms with E-state index in [0.717, 1.165) is 0 Å². The summed E-state index contributed by atoms with van der Waals surface area (Å²) in [5.41, 5.74) is 5.16. The smallest absolute Gasteiger partial charge is 0.0496 e. The molecule has 36 heavy (non-hydrogen) atoms. The minimum atomic E-state index is 1.29. The average Bonchev–Trinajstić information content (AvgIpc) is 3.65. The van der Waals surface area contributed by atoms with Crippen LogP contribution in [0.5, 0.6) is 0 Å². The first-order valence-electron chi connectivity index (χ1n) is 12.2. The highest BCUT2D eigenvalue weighted by molar-refractivity contribution is 7.17. The maximum Gasteiger partial charge on any atom is 0.0496 e. The van der Waals surface area contributed by atoms with Crippen LogP contribution >= 0.6 is 22.7 Å². The van der Waals surface area contributed by atoms with Gasteiger partial charge in [-0.15, -0.1) is 22.7 Å². The number of thiophene rings is 2. The number of aromatic nitrogens is 2. The maximum atomic E-state index is 2.41. The molecule has 5 aromatic carbocycles. The normalized spacial score (nSPS) is 12.7. The standard InChI is InChI=1S/C32H20N2S2/c1-33-27-11-21-13-31-17(3-5-35-31)7-19(21)9-23(27)25-16-30-26(15-29(25)33)24-10-20-8-18-4-6-36-32(18)14-22(20)12-28(24)34(30)2/h3-16H,1-2H3. The molecular formula is C32H20N2S2. The first-order chi connectivity index (χ1) is 17.6. The van der Waals surface area contributed by atoms with Gasteiger partial charge in [0.15, 0.2) is 0 Å². The topological polar surface area (TPSA) is 9.86 Å². The lowest BCUT2D eigenvalue weighted by Crippen LogP contribution is -1.88. The number of fused-ring (bicyclic) bond motifs is 10. The van der Waals surface area contributed by atoms with Crippen molar-refractivity contribution in [1.29, 1.82) is 0 Å². The Labute approximate surface area is 214 Å². The van der Waals surface area contributed by atoms with Crippen molar-refractivity contribution in [3.63, 3.8) is 0 Å². The van der Waals surface area contributed by atoms with Gasteiger partial charge >= 0.3 is 0 Å². The number of nitrogens with zero attached hydrogens (tertiary/aromatic N) is 2. The summed E-state index contributed by atoms with van der Waals surface area (Å²) in [4.78, 5) is 0. The second-order valence-electron chi connectivity index (χ2n) is 10.1. The molecule has 0 aliphatic carbocycles. The van der Waals surface area contributed by atoms with E-state index in [9.17, 15) is 0 Å².